The monoisotopic (exact) mass is 728 g/mol. The second-order valence-corrected chi connectivity index (χ2v) is 17.8. The topological polar surface area (TPSA) is 159 Å². The molecule has 4 heterocycles. The van der Waals surface area contributed by atoms with E-state index in [0.717, 1.165) is 25.7 Å². The summed E-state index contributed by atoms with van der Waals surface area (Å²) in [6.45, 7) is 6.05. The van der Waals surface area contributed by atoms with Gasteiger partial charge >= 0.3 is 0 Å². The minimum atomic E-state index is -3.62. The third-order valence-corrected chi connectivity index (χ3v) is 13.7. The molecule has 2 aliphatic heterocycles. The Bertz CT molecular complexity index is 1860. The number of carbonyl (C=O) groups is 2. The van der Waals surface area contributed by atoms with Gasteiger partial charge in [0, 0.05) is 48.1 Å². The summed E-state index contributed by atoms with van der Waals surface area (Å²) in [7, 11) is -7.24. The highest BCUT2D eigenvalue weighted by atomic mass is 32.2. The Morgan fingerprint density at radius 1 is 0.667 bits per heavy atom. The number of hydrogen-bond donors (Lipinski definition) is 2. The fourth-order valence-electron chi connectivity index (χ4n) is 5.82. The Labute approximate surface area is 288 Å². The molecule has 0 saturated carbocycles. The van der Waals surface area contributed by atoms with Gasteiger partial charge in [-0.1, -0.05) is 13.8 Å². The SMILES string of the molecule is CC1CCCN(S(=O)(=O)c2ccc(C(=O)Nc3nc(-c4csc(NC(=O)c5ccc(S(=O)(=O)N6CCCC(C)C6)cc5)n4)cs3)cc2)C1. The van der Waals surface area contributed by atoms with Crippen LogP contribution in [0, 0.1) is 11.8 Å². The molecule has 0 bridgehead atoms. The number of carbonyl (C=O) groups excluding carboxylic acids is 2. The predicted molar refractivity (Wildman–Crippen MR) is 186 cm³/mol. The van der Waals surface area contributed by atoms with Gasteiger partial charge in [-0.15, -0.1) is 22.7 Å². The first-order chi connectivity index (χ1) is 22.9. The average molecular weight is 729 g/mol. The second kappa shape index (κ2) is 14.1. The molecule has 2 aromatic heterocycles. The summed E-state index contributed by atoms with van der Waals surface area (Å²) in [5.74, 6) is -0.241. The van der Waals surface area contributed by atoms with Crippen molar-refractivity contribution in [3.8, 4) is 11.4 Å². The zero-order valence-electron chi connectivity index (χ0n) is 26.5. The maximum Gasteiger partial charge on any atom is 0.257 e. The van der Waals surface area contributed by atoms with Crippen LogP contribution in [-0.4, -0.2) is 73.4 Å². The third-order valence-electron chi connectivity index (χ3n) is 8.46. The van der Waals surface area contributed by atoms with Crippen LogP contribution in [0.4, 0.5) is 10.3 Å². The van der Waals surface area contributed by atoms with Crippen molar-refractivity contribution in [2.45, 2.75) is 49.3 Å². The number of nitrogens with zero attached hydrogens (tertiary/aromatic N) is 4. The van der Waals surface area contributed by atoms with Gasteiger partial charge in [-0.05, 0) is 86.1 Å². The van der Waals surface area contributed by atoms with E-state index in [9.17, 15) is 26.4 Å². The molecule has 0 radical (unpaired) electrons. The highest BCUT2D eigenvalue weighted by molar-refractivity contribution is 7.89. The molecule has 254 valence electrons. The molecule has 2 aliphatic rings. The molecule has 4 aromatic rings. The summed E-state index contributed by atoms with van der Waals surface area (Å²) in [6.07, 6.45) is 3.68. The van der Waals surface area contributed by atoms with Gasteiger partial charge in [0.05, 0.1) is 9.79 Å². The van der Waals surface area contributed by atoms with E-state index in [1.165, 1.54) is 79.8 Å². The Kier molecular flexibility index (Phi) is 10.1. The minimum Gasteiger partial charge on any atom is -0.298 e. The lowest BCUT2D eigenvalue weighted by molar-refractivity contribution is 0.101. The van der Waals surface area contributed by atoms with Crippen LogP contribution < -0.4 is 10.6 Å². The molecule has 48 heavy (non-hydrogen) atoms. The van der Waals surface area contributed by atoms with E-state index in [2.05, 4.69) is 20.6 Å². The summed E-state index contributed by atoms with van der Waals surface area (Å²) in [5, 5.41) is 9.62. The van der Waals surface area contributed by atoms with Crippen LogP contribution in [0.1, 0.15) is 60.2 Å². The van der Waals surface area contributed by atoms with Crippen molar-refractivity contribution < 1.29 is 26.4 Å². The van der Waals surface area contributed by atoms with E-state index in [-0.39, 0.29) is 9.79 Å². The van der Waals surface area contributed by atoms with Crippen molar-refractivity contribution in [1.29, 1.82) is 0 Å². The van der Waals surface area contributed by atoms with Crippen LogP contribution in [-0.2, 0) is 20.0 Å². The Morgan fingerprint density at radius 3 is 1.40 bits per heavy atom. The van der Waals surface area contributed by atoms with E-state index in [1.807, 2.05) is 13.8 Å². The number of sulfonamides is 2. The van der Waals surface area contributed by atoms with Gasteiger partial charge in [0.15, 0.2) is 10.3 Å². The zero-order chi connectivity index (χ0) is 34.1. The molecule has 2 unspecified atom stereocenters. The smallest absolute Gasteiger partial charge is 0.257 e. The van der Waals surface area contributed by atoms with Gasteiger partial charge in [-0.3, -0.25) is 20.2 Å². The van der Waals surface area contributed by atoms with Gasteiger partial charge in [0.25, 0.3) is 11.8 Å². The van der Waals surface area contributed by atoms with Crippen molar-refractivity contribution in [3.63, 3.8) is 0 Å². The van der Waals surface area contributed by atoms with Crippen molar-refractivity contribution >= 4 is 64.8 Å². The number of aromatic nitrogens is 2. The first-order valence-electron chi connectivity index (χ1n) is 15.6. The average Bonchev–Trinajstić information content (AvgIpc) is 3.74. The molecule has 12 nitrogen and oxygen atoms in total. The van der Waals surface area contributed by atoms with Crippen LogP contribution in [0.3, 0.4) is 0 Å². The van der Waals surface area contributed by atoms with E-state index < -0.39 is 31.9 Å². The minimum absolute atomic E-state index is 0.156. The summed E-state index contributed by atoms with van der Waals surface area (Å²) >= 11 is 2.41. The van der Waals surface area contributed by atoms with Gasteiger partial charge < -0.3 is 0 Å². The molecule has 16 heteroatoms. The maximum atomic E-state index is 13.0. The first-order valence-corrected chi connectivity index (χ1v) is 20.3. The zero-order valence-corrected chi connectivity index (χ0v) is 29.7. The number of piperidine rings is 2. The van der Waals surface area contributed by atoms with Crippen LogP contribution in [0.25, 0.3) is 11.4 Å². The molecule has 2 fully saturated rings. The molecule has 2 amide bonds. The van der Waals surface area contributed by atoms with E-state index in [1.54, 1.807) is 10.8 Å². The van der Waals surface area contributed by atoms with Gasteiger partial charge in [-0.25, -0.2) is 26.8 Å². The molecular weight excluding hydrogens is 693 g/mol. The van der Waals surface area contributed by atoms with E-state index in [0.29, 0.717) is 70.8 Å². The molecule has 6 rings (SSSR count). The Morgan fingerprint density at radius 2 is 1.04 bits per heavy atom. The summed E-state index contributed by atoms with van der Waals surface area (Å²) in [5.41, 5.74) is 1.60. The van der Waals surface area contributed by atoms with Crippen LogP contribution in [0.2, 0.25) is 0 Å². The van der Waals surface area contributed by atoms with Crippen LogP contribution in [0.5, 0.6) is 0 Å². The molecular formula is C32H36N6O6S4. The molecule has 2 aromatic carbocycles. The first kappa shape index (κ1) is 34.3. The summed E-state index contributed by atoms with van der Waals surface area (Å²) in [6, 6.07) is 11.8. The fraction of sp³-hybridized carbons (Fsp3) is 0.375. The van der Waals surface area contributed by atoms with Crippen molar-refractivity contribution in [1.82, 2.24) is 18.6 Å². The van der Waals surface area contributed by atoms with E-state index in [4.69, 9.17) is 0 Å². The Balaban J connectivity index is 1.05. The third kappa shape index (κ3) is 7.53. The summed E-state index contributed by atoms with van der Waals surface area (Å²) < 4.78 is 55.2. The quantitative estimate of drug-likeness (QED) is 0.225. The summed E-state index contributed by atoms with van der Waals surface area (Å²) in [4.78, 5) is 35.0. The number of thiazole rings is 2. The lowest BCUT2D eigenvalue weighted by atomic mass is 10.0. The lowest BCUT2D eigenvalue weighted by Crippen LogP contribution is -2.39. The predicted octanol–water partition coefficient (Wildman–Crippen LogP) is 5.61. The number of amides is 2. The fourth-order valence-corrected chi connectivity index (χ4v) is 10.4. The van der Waals surface area contributed by atoms with Gasteiger partial charge in [0.2, 0.25) is 20.0 Å². The normalized spacial score (nSPS) is 19.5. The number of benzene rings is 2. The number of rotatable bonds is 9. The number of hydrogen-bond acceptors (Lipinski definition) is 10. The van der Waals surface area contributed by atoms with Crippen molar-refractivity contribution in [3.05, 3.63) is 70.4 Å². The molecule has 2 N–H and O–H groups in total. The maximum absolute atomic E-state index is 13.0. The standard InChI is InChI=1S/C32H36N6O6S4/c1-21-5-3-15-37(17-21)47(41,42)25-11-7-23(8-12-25)29(39)35-31-33-27(19-45-31)28-20-46-32(34-28)36-30(40)24-9-13-26(14-10-24)48(43,44)38-16-4-6-22(2)18-38/h7-14,19-22H,3-6,15-18H2,1-2H3,(H,33,35,39)(H,34,36,40). The molecule has 0 aliphatic carbocycles. The van der Waals surface area contributed by atoms with Gasteiger partial charge in [-0.2, -0.15) is 8.61 Å². The van der Waals surface area contributed by atoms with Crippen LogP contribution >= 0.6 is 22.7 Å². The number of anilines is 2. The lowest BCUT2D eigenvalue weighted by Gasteiger charge is -2.30. The van der Waals surface area contributed by atoms with Crippen molar-refractivity contribution in [2.24, 2.45) is 11.8 Å². The van der Waals surface area contributed by atoms with E-state index >= 15 is 0 Å². The van der Waals surface area contributed by atoms with Gasteiger partial charge in [0.1, 0.15) is 11.4 Å². The van der Waals surface area contributed by atoms with Crippen LogP contribution in [0.15, 0.2) is 69.1 Å². The highest BCUT2D eigenvalue weighted by Gasteiger charge is 2.30. The molecule has 2 saturated heterocycles. The molecule has 2 atom stereocenters. The number of nitrogens with one attached hydrogen (secondary N) is 2. The molecule has 0 spiro atoms. The largest absolute Gasteiger partial charge is 0.298 e. The Hall–Kier alpha value is -3.54. The highest BCUT2D eigenvalue weighted by Crippen LogP contribution is 2.30. The second-order valence-electron chi connectivity index (χ2n) is 12.3. The van der Waals surface area contributed by atoms with Crippen molar-refractivity contribution in [2.75, 3.05) is 36.8 Å².